The molecule has 3 aromatic heterocycles. The fourth-order valence-corrected chi connectivity index (χ4v) is 6.16. The van der Waals surface area contributed by atoms with Gasteiger partial charge < -0.3 is 9.13 Å². The fourth-order valence-electron chi connectivity index (χ4n) is 6.16. The molecule has 40 heavy (non-hydrogen) atoms. The number of fused-ring (bicyclic) bond motifs is 7. The number of nitrogens with zero attached hydrogens (tertiary/aromatic N) is 3. The van der Waals surface area contributed by atoms with Gasteiger partial charge in [0, 0.05) is 50.2 Å². The van der Waals surface area contributed by atoms with E-state index < -0.39 is 0 Å². The zero-order valence-corrected chi connectivity index (χ0v) is 21.5. The van der Waals surface area contributed by atoms with Crippen molar-refractivity contribution >= 4 is 49.9 Å². The van der Waals surface area contributed by atoms with E-state index >= 15 is 0 Å². The van der Waals surface area contributed by atoms with E-state index in [1.165, 1.54) is 27.2 Å². The number of hydrogen-bond acceptors (Lipinski definition) is 2. The summed E-state index contributed by atoms with van der Waals surface area (Å²) in [6.07, 6.45) is 2.62. The highest BCUT2D eigenvalue weighted by Crippen LogP contribution is 2.42. The Morgan fingerprint density at radius 3 is 2.00 bits per heavy atom. The second kappa shape index (κ2) is 8.79. The van der Waals surface area contributed by atoms with Crippen LogP contribution < -0.4 is 0 Å². The summed E-state index contributed by atoms with van der Waals surface area (Å²) in [6, 6.07) is 44.2. The minimum absolute atomic E-state index is 0.581. The van der Waals surface area contributed by atoms with Gasteiger partial charge in [-0.1, -0.05) is 66.7 Å². The summed E-state index contributed by atoms with van der Waals surface area (Å²) in [5.41, 5.74) is 8.97. The highest BCUT2D eigenvalue weighted by Gasteiger charge is 2.21. The number of carbonyl (C=O) groups is 1. The van der Waals surface area contributed by atoms with E-state index in [0.717, 1.165) is 39.6 Å². The van der Waals surface area contributed by atoms with Crippen molar-refractivity contribution in [3.05, 3.63) is 139 Å². The normalized spacial score (nSPS) is 11.6. The van der Waals surface area contributed by atoms with Crippen LogP contribution in [0, 0.1) is 0 Å². The van der Waals surface area contributed by atoms with Gasteiger partial charge in [-0.3, -0.25) is 9.78 Å². The molecule has 0 unspecified atom stereocenters. The van der Waals surface area contributed by atoms with E-state index in [-0.39, 0.29) is 0 Å². The SMILES string of the molecule is O=Cc1cccnc1-c1ccc2c(c1)c1c(ccc3c4ccccc4n(-c4ccccc4)c31)n2-c1ccccc1. The van der Waals surface area contributed by atoms with Crippen LogP contribution in [0.25, 0.3) is 66.2 Å². The van der Waals surface area contributed by atoms with E-state index in [1.54, 1.807) is 12.3 Å². The summed E-state index contributed by atoms with van der Waals surface area (Å²) < 4.78 is 4.71. The van der Waals surface area contributed by atoms with Crippen molar-refractivity contribution in [1.82, 2.24) is 14.1 Å². The average molecular weight is 514 g/mol. The molecule has 0 saturated heterocycles. The summed E-state index contributed by atoms with van der Waals surface area (Å²) in [4.78, 5) is 16.5. The maximum atomic E-state index is 11.9. The predicted octanol–water partition coefficient (Wildman–Crippen LogP) is 8.76. The fraction of sp³-hybridized carbons (Fsp3) is 0. The van der Waals surface area contributed by atoms with Crippen LogP contribution in [-0.2, 0) is 0 Å². The summed E-state index contributed by atoms with van der Waals surface area (Å²) in [5, 5.41) is 4.70. The van der Waals surface area contributed by atoms with Crippen molar-refractivity contribution in [1.29, 1.82) is 0 Å². The van der Waals surface area contributed by atoms with E-state index in [9.17, 15) is 4.79 Å². The van der Waals surface area contributed by atoms with E-state index in [4.69, 9.17) is 0 Å². The van der Waals surface area contributed by atoms with Crippen LogP contribution in [0.3, 0.4) is 0 Å². The van der Waals surface area contributed by atoms with Crippen LogP contribution in [-0.4, -0.2) is 20.4 Å². The lowest BCUT2D eigenvalue weighted by Gasteiger charge is -2.09. The van der Waals surface area contributed by atoms with Gasteiger partial charge in [0.05, 0.1) is 27.8 Å². The zero-order chi connectivity index (χ0) is 26.6. The molecule has 3 heterocycles. The molecule has 0 amide bonds. The molecule has 4 heteroatoms. The Labute approximate surface area is 230 Å². The van der Waals surface area contributed by atoms with Crippen LogP contribution >= 0.6 is 0 Å². The van der Waals surface area contributed by atoms with E-state index in [1.807, 2.05) is 12.1 Å². The Morgan fingerprint density at radius 1 is 0.550 bits per heavy atom. The number of aldehydes is 1. The zero-order valence-electron chi connectivity index (χ0n) is 21.5. The van der Waals surface area contributed by atoms with Crippen molar-refractivity contribution in [2.75, 3.05) is 0 Å². The van der Waals surface area contributed by atoms with E-state index in [0.29, 0.717) is 11.3 Å². The summed E-state index contributed by atoms with van der Waals surface area (Å²) >= 11 is 0. The number of aromatic nitrogens is 3. The molecule has 8 rings (SSSR count). The van der Waals surface area contributed by atoms with Gasteiger partial charge in [0.15, 0.2) is 6.29 Å². The summed E-state index contributed by atoms with van der Waals surface area (Å²) in [6.45, 7) is 0. The van der Waals surface area contributed by atoms with Gasteiger partial charge in [0.25, 0.3) is 0 Å². The minimum Gasteiger partial charge on any atom is -0.309 e. The molecule has 0 aliphatic rings. The highest BCUT2D eigenvalue weighted by molar-refractivity contribution is 6.26. The number of benzene rings is 5. The molecule has 0 N–H and O–H groups in total. The largest absolute Gasteiger partial charge is 0.309 e. The number of para-hydroxylation sites is 3. The van der Waals surface area contributed by atoms with Crippen LogP contribution in [0.5, 0.6) is 0 Å². The first kappa shape index (κ1) is 22.5. The van der Waals surface area contributed by atoms with Crippen molar-refractivity contribution in [3.8, 4) is 22.6 Å². The predicted molar refractivity (Wildman–Crippen MR) is 164 cm³/mol. The van der Waals surface area contributed by atoms with Crippen molar-refractivity contribution in [3.63, 3.8) is 0 Å². The number of pyridine rings is 1. The lowest BCUT2D eigenvalue weighted by atomic mass is 10.0. The Bertz CT molecular complexity index is 2220. The summed E-state index contributed by atoms with van der Waals surface area (Å²) in [5.74, 6) is 0. The minimum atomic E-state index is 0.581. The van der Waals surface area contributed by atoms with Gasteiger partial charge >= 0.3 is 0 Å². The summed E-state index contributed by atoms with van der Waals surface area (Å²) in [7, 11) is 0. The van der Waals surface area contributed by atoms with Crippen LogP contribution in [0.15, 0.2) is 134 Å². The third-order valence-electron chi connectivity index (χ3n) is 7.83. The second-order valence-corrected chi connectivity index (χ2v) is 10.0. The Morgan fingerprint density at radius 2 is 1.23 bits per heavy atom. The molecule has 5 aromatic carbocycles. The molecule has 0 radical (unpaired) electrons. The highest BCUT2D eigenvalue weighted by atomic mass is 16.1. The third kappa shape index (κ3) is 3.20. The molecule has 8 aromatic rings. The Balaban J connectivity index is 1.60. The molecule has 0 atom stereocenters. The monoisotopic (exact) mass is 513 g/mol. The van der Waals surface area contributed by atoms with Crippen LogP contribution in [0.1, 0.15) is 10.4 Å². The van der Waals surface area contributed by atoms with Gasteiger partial charge in [-0.05, 0) is 60.7 Å². The maximum absolute atomic E-state index is 11.9. The first-order chi connectivity index (χ1) is 19.8. The molecular formula is C36H23N3O. The third-order valence-corrected chi connectivity index (χ3v) is 7.83. The van der Waals surface area contributed by atoms with Gasteiger partial charge in [0.2, 0.25) is 0 Å². The van der Waals surface area contributed by atoms with E-state index in [2.05, 4.69) is 123 Å². The molecular weight excluding hydrogens is 490 g/mol. The van der Waals surface area contributed by atoms with Crippen molar-refractivity contribution < 1.29 is 4.79 Å². The van der Waals surface area contributed by atoms with Crippen molar-refractivity contribution in [2.24, 2.45) is 0 Å². The molecule has 4 nitrogen and oxygen atoms in total. The van der Waals surface area contributed by atoms with Crippen LogP contribution in [0.2, 0.25) is 0 Å². The smallest absolute Gasteiger partial charge is 0.152 e. The first-order valence-electron chi connectivity index (χ1n) is 13.4. The topological polar surface area (TPSA) is 39.8 Å². The molecule has 0 fully saturated rings. The molecule has 0 bridgehead atoms. The Hall–Kier alpha value is -5.48. The van der Waals surface area contributed by atoms with Gasteiger partial charge in [-0.25, -0.2) is 0 Å². The number of rotatable bonds is 4. The first-order valence-corrected chi connectivity index (χ1v) is 13.4. The number of carbonyl (C=O) groups excluding carboxylic acids is 1. The van der Waals surface area contributed by atoms with Gasteiger partial charge in [-0.2, -0.15) is 0 Å². The second-order valence-electron chi connectivity index (χ2n) is 10.0. The number of hydrogen-bond donors (Lipinski definition) is 0. The maximum Gasteiger partial charge on any atom is 0.152 e. The van der Waals surface area contributed by atoms with Gasteiger partial charge in [0.1, 0.15) is 0 Å². The Kier molecular flexibility index (Phi) is 4.94. The lowest BCUT2D eigenvalue weighted by molar-refractivity contribution is 0.112. The molecule has 188 valence electrons. The van der Waals surface area contributed by atoms with Crippen molar-refractivity contribution in [2.45, 2.75) is 0 Å². The lowest BCUT2D eigenvalue weighted by Crippen LogP contribution is -1.95. The molecule has 0 aliphatic carbocycles. The quantitative estimate of drug-likeness (QED) is 0.221. The van der Waals surface area contributed by atoms with Gasteiger partial charge in [-0.15, -0.1) is 0 Å². The van der Waals surface area contributed by atoms with Crippen LogP contribution in [0.4, 0.5) is 0 Å². The molecule has 0 saturated carbocycles. The standard InChI is InChI=1S/C36H23N3O/c40-23-25-10-9-21-37-35(25)24-17-19-32-30(22-24)34-33(38(32)26-11-3-1-4-12-26)20-18-29-28-15-7-8-16-31(28)39(36(29)34)27-13-5-2-6-14-27/h1-23H. The average Bonchev–Trinajstić information content (AvgIpc) is 3.54. The molecule has 0 aliphatic heterocycles. The molecule has 0 spiro atoms.